The SMILES string of the molecule is CCOC(=O)CC[C@H]1CN(c2cncc(O)c2)CCO1. The van der Waals surface area contributed by atoms with Crippen LogP contribution in [0.4, 0.5) is 5.69 Å². The Bertz CT molecular complexity index is 453. The van der Waals surface area contributed by atoms with Crippen LogP contribution in [0.2, 0.25) is 0 Å². The molecule has 6 nitrogen and oxygen atoms in total. The first-order valence-corrected chi connectivity index (χ1v) is 6.85. The van der Waals surface area contributed by atoms with Crippen LogP contribution in [0.3, 0.4) is 0 Å². The van der Waals surface area contributed by atoms with E-state index in [9.17, 15) is 9.90 Å². The second-order valence-corrected chi connectivity index (χ2v) is 4.68. The number of hydrogen-bond donors (Lipinski definition) is 1. The molecule has 1 atom stereocenters. The maximum Gasteiger partial charge on any atom is 0.305 e. The number of hydrogen-bond acceptors (Lipinski definition) is 6. The van der Waals surface area contributed by atoms with Crippen molar-refractivity contribution in [2.45, 2.75) is 25.9 Å². The third-order valence-corrected chi connectivity index (χ3v) is 3.19. The van der Waals surface area contributed by atoms with Gasteiger partial charge in [0.1, 0.15) is 5.75 Å². The zero-order valence-corrected chi connectivity index (χ0v) is 11.6. The topological polar surface area (TPSA) is 71.9 Å². The summed E-state index contributed by atoms with van der Waals surface area (Å²) < 4.78 is 10.6. The number of nitrogens with zero attached hydrogens (tertiary/aromatic N) is 2. The third-order valence-electron chi connectivity index (χ3n) is 3.19. The Labute approximate surface area is 118 Å². The van der Waals surface area contributed by atoms with Gasteiger partial charge in [-0.3, -0.25) is 9.78 Å². The first-order valence-electron chi connectivity index (χ1n) is 6.85. The standard InChI is InChI=1S/C14H20N2O4/c1-2-19-14(18)4-3-13-10-16(5-6-20-13)11-7-12(17)9-15-8-11/h7-9,13,17H,2-6,10H2,1H3/t13-/m0/s1. The normalized spacial score (nSPS) is 18.9. The quantitative estimate of drug-likeness (QED) is 0.821. The first-order chi connectivity index (χ1) is 9.69. The number of pyridine rings is 1. The van der Waals surface area contributed by atoms with Gasteiger partial charge in [0.25, 0.3) is 0 Å². The highest BCUT2D eigenvalue weighted by atomic mass is 16.5. The summed E-state index contributed by atoms with van der Waals surface area (Å²) in [5.41, 5.74) is 0.870. The number of carbonyl (C=O) groups is 1. The average Bonchev–Trinajstić information content (AvgIpc) is 2.46. The molecule has 1 aliphatic rings. The molecule has 1 aromatic rings. The lowest BCUT2D eigenvalue weighted by molar-refractivity contribution is -0.144. The molecule has 20 heavy (non-hydrogen) atoms. The molecule has 1 aliphatic heterocycles. The van der Waals surface area contributed by atoms with E-state index in [1.165, 1.54) is 6.20 Å². The summed E-state index contributed by atoms with van der Waals surface area (Å²) in [4.78, 5) is 17.4. The van der Waals surface area contributed by atoms with Crippen molar-refractivity contribution >= 4 is 11.7 Å². The predicted octanol–water partition coefficient (Wildman–Crippen LogP) is 1.34. The molecule has 1 saturated heterocycles. The first kappa shape index (κ1) is 14.6. The van der Waals surface area contributed by atoms with E-state index in [4.69, 9.17) is 9.47 Å². The minimum atomic E-state index is -0.188. The molecule has 0 spiro atoms. The van der Waals surface area contributed by atoms with Crippen LogP contribution in [-0.4, -0.2) is 48.5 Å². The Morgan fingerprint density at radius 2 is 2.45 bits per heavy atom. The van der Waals surface area contributed by atoms with E-state index in [-0.39, 0.29) is 17.8 Å². The van der Waals surface area contributed by atoms with E-state index >= 15 is 0 Å². The van der Waals surface area contributed by atoms with Crippen molar-refractivity contribution in [1.29, 1.82) is 0 Å². The highest BCUT2D eigenvalue weighted by molar-refractivity contribution is 5.69. The number of carbonyl (C=O) groups excluding carboxylic acids is 1. The number of anilines is 1. The van der Waals surface area contributed by atoms with Crippen LogP contribution in [0.15, 0.2) is 18.5 Å². The van der Waals surface area contributed by atoms with Gasteiger partial charge in [-0.2, -0.15) is 0 Å². The molecule has 1 aromatic heterocycles. The van der Waals surface area contributed by atoms with Gasteiger partial charge in [0, 0.05) is 25.6 Å². The summed E-state index contributed by atoms with van der Waals surface area (Å²) in [5.74, 6) is -0.0377. The molecule has 0 aliphatic carbocycles. The second-order valence-electron chi connectivity index (χ2n) is 4.68. The van der Waals surface area contributed by atoms with Crippen molar-refractivity contribution in [3.05, 3.63) is 18.5 Å². The number of rotatable bonds is 5. The zero-order chi connectivity index (χ0) is 14.4. The lowest BCUT2D eigenvalue weighted by Crippen LogP contribution is -2.42. The number of ether oxygens (including phenoxy) is 2. The van der Waals surface area contributed by atoms with Gasteiger partial charge in [-0.15, -0.1) is 0 Å². The van der Waals surface area contributed by atoms with Crippen molar-refractivity contribution < 1.29 is 19.4 Å². The number of aromatic nitrogens is 1. The molecule has 2 heterocycles. The maximum atomic E-state index is 11.3. The molecule has 2 rings (SSSR count). The lowest BCUT2D eigenvalue weighted by atomic mass is 10.1. The second kappa shape index (κ2) is 7.09. The zero-order valence-electron chi connectivity index (χ0n) is 11.6. The molecule has 1 N–H and O–H groups in total. The van der Waals surface area contributed by atoms with Crippen molar-refractivity contribution in [1.82, 2.24) is 4.98 Å². The molecule has 110 valence electrons. The molecule has 1 fully saturated rings. The minimum Gasteiger partial charge on any atom is -0.506 e. The van der Waals surface area contributed by atoms with Gasteiger partial charge in [-0.25, -0.2) is 0 Å². The molecular formula is C14H20N2O4. The monoisotopic (exact) mass is 280 g/mol. The summed E-state index contributed by atoms with van der Waals surface area (Å²) in [6.07, 6.45) is 4.12. The summed E-state index contributed by atoms with van der Waals surface area (Å²) in [5, 5.41) is 9.46. The molecule has 0 amide bonds. The molecule has 0 radical (unpaired) electrons. The summed E-state index contributed by atoms with van der Waals surface area (Å²) in [7, 11) is 0. The van der Waals surface area contributed by atoms with E-state index in [0.29, 0.717) is 32.6 Å². The molecule has 6 heteroatoms. The van der Waals surface area contributed by atoms with Gasteiger partial charge in [0.05, 0.1) is 37.4 Å². The third kappa shape index (κ3) is 4.09. The number of morpholine rings is 1. The molecule has 0 unspecified atom stereocenters. The Morgan fingerprint density at radius 1 is 1.60 bits per heavy atom. The van der Waals surface area contributed by atoms with Gasteiger partial charge in [-0.05, 0) is 13.3 Å². The van der Waals surface area contributed by atoms with Crippen molar-refractivity contribution in [2.75, 3.05) is 31.2 Å². The van der Waals surface area contributed by atoms with Crippen LogP contribution in [0.25, 0.3) is 0 Å². The minimum absolute atomic E-state index is 0.00416. The van der Waals surface area contributed by atoms with Gasteiger partial charge in [0.2, 0.25) is 0 Å². The number of esters is 1. The van der Waals surface area contributed by atoms with Crippen LogP contribution in [-0.2, 0) is 14.3 Å². The fraction of sp³-hybridized carbons (Fsp3) is 0.571. The predicted molar refractivity (Wildman–Crippen MR) is 73.7 cm³/mol. The van der Waals surface area contributed by atoms with Gasteiger partial charge < -0.3 is 19.5 Å². The Hall–Kier alpha value is -1.82. The molecule has 0 bridgehead atoms. The van der Waals surface area contributed by atoms with Gasteiger partial charge in [0.15, 0.2) is 0 Å². The smallest absolute Gasteiger partial charge is 0.305 e. The average molecular weight is 280 g/mol. The van der Waals surface area contributed by atoms with Crippen LogP contribution < -0.4 is 4.90 Å². The van der Waals surface area contributed by atoms with Crippen molar-refractivity contribution in [3.8, 4) is 5.75 Å². The van der Waals surface area contributed by atoms with Crippen molar-refractivity contribution in [3.63, 3.8) is 0 Å². The van der Waals surface area contributed by atoms with Crippen LogP contribution in [0.5, 0.6) is 5.75 Å². The number of aromatic hydroxyl groups is 1. The Kier molecular flexibility index (Phi) is 5.17. The van der Waals surface area contributed by atoms with Crippen molar-refractivity contribution in [2.24, 2.45) is 0 Å². The van der Waals surface area contributed by atoms with Gasteiger partial charge >= 0.3 is 5.97 Å². The van der Waals surface area contributed by atoms with E-state index < -0.39 is 0 Å². The van der Waals surface area contributed by atoms with E-state index in [1.54, 1.807) is 19.2 Å². The Morgan fingerprint density at radius 3 is 3.20 bits per heavy atom. The summed E-state index contributed by atoms with van der Waals surface area (Å²) in [6.45, 7) is 4.24. The highest BCUT2D eigenvalue weighted by Gasteiger charge is 2.22. The van der Waals surface area contributed by atoms with Gasteiger partial charge in [-0.1, -0.05) is 0 Å². The van der Waals surface area contributed by atoms with E-state index in [0.717, 1.165) is 12.2 Å². The molecule has 0 aromatic carbocycles. The fourth-order valence-corrected chi connectivity index (χ4v) is 2.23. The van der Waals surface area contributed by atoms with Crippen LogP contribution >= 0.6 is 0 Å². The van der Waals surface area contributed by atoms with E-state index in [2.05, 4.69) is 9.88 Å². The van der Waals surface area contributed by atoms with Crippen LogP contribution in [0, 0.1) is 0 Å². The summed E-state index contributed by atoms with van der Waals surface area (Å²) >= 11 is 0. The van der Waals surface area contributed by atoms with E-state index in [1.807, 2.05) is 0 Å². The van der Waals surface area contributed by atoms with Crippen LogP contribution in [0.1, 0.15) is 19.8 Å². The fourth-order valence-electron chi connectivity index (χ4n) is 2.23. The maximum absolute atomic E-state index is 11.3. The largest absolute Gasteiger partial charge is 0.506 e. The Balaban J connectivity index is 1.87. The molecular weight excluding hydrogens is 260 g/mol. The highest BCUT2D eigenvalue weighted by Crippen LogP contribution is 2.21. The molecule has 0 saturated carbocycles. The summed E-state index contributed by atoms with van der Waals surface area (Å²) in [6, 6.07) is 1.68. The lowest BCUT2D eigenvalue weighted by Gasteiger charge is -2.34.